The number of furan rings is 1. The summed E-state index contributed by atoms with van der Waals surface area (Å²) in [4.78, 5) is 22.7. The van der Waals surface area contributed by atoms with Crippen LogP contribution in [0.3, 0.4) is 0 Å². The predicted molar refractivity (Wildman–Crippen MR) is 77.2 cm³/mol. The van der Waals surface area contributed by atoms with Gasteiger partial charge < -0.3 is 14.8 Å². The van der Waals surface area contributed by atoms with E-state index in [0.29, 0.717) is 5.69 Å². The predicted octanol–water partition coefficient (Wildman–Crippen LogP) is 3.61. The van der Waals surface area contributed by atoms with Crippen LogP contribution in [0.4, 0.5) is 5.69 Å². The van der Waals surface area contributed by atoms with Gasteiger partial charge in [-0.1, -0.05) is 15.9 Å². The number of carboxylic acid groups (broad SMARTS) is 1. The van der Waals surface area contributed by atoms with Crippen molar-refractivity contribution < 1.29 is 19.1 Å². The van der Waals surface area contributed by atoms with Gasteiger partial charge in [0.05, 0.1) is 5.56 Å². The molecule has 1 aromatic carbocycles. The molecule has 0 spiro atoms. The van der Waals surface area contributed by atoms with Gasteiger partial charge in [-0.05, 0) is 37.1 Å². The first-order valence-electron chi connectivity index (χ1n) is 5.78. The van der Waals surface area contributed by atoms with E-state index in [9.17, 15) is 9.59 Å². The van der Waals surface area contributed by atoms with Gasteiger partial charge >= 0.3 is 5.97 Å². The van der Waals surface area contributed by atoms with Crippen molar-refractivity contribution in [2.24, 2.45) is 0 Å². The Hall–Kier alpha value is -2.08. The van der Waals surface area contributed by atoms with Gasteiger partial charge in [-0.15, -0.1) is 0 Å². The lowest BCUT2D eigenvalue weighted by molar-refractivity contribution is 0.0696. The fraction of sp³-hybridized carbons (Fsp3) is 0.143. The van der Waals surface area contributed by atoms with Crippen LogP contribution in [0.1, 0.15) is 32.0 Å². The van der Waals surface area contributed by atoms with E-state index in [1.165, 1.54) is 6.07 Å². The van der Waals surface area contributed by atoms with E-state index < -0.39 is 11.9 Å². The van der Waals surface area contributed by atoms with E-state index in [2.05, 4.69) is 21.2 Å². The largest absolute Gasteiger partial charge is 0.478 e. The smallest absolute Gasteiger partial charge is 0.338 e. The van der Waals surface area contributed by atoms with Crippen LogP contribution in [0.15, 0.2) is 33.4 Å². The van der Waals surface area contributed by atoms with E-state index in [0.717, 1.165) is 21.9 Å². The number of aromatic carboxylic acids is 1. The van der Waals surface area contributed by atoms with Crippen LogP contribution in [0, 0.1) is 13.8 Å². The molecule has 0 atom stereocenters. The van der Waals surface area contributed by atoms with Crippen molar-refractivity contribution in [1.29, 1.82) is 0 Å². The molecule has 0 saturated carbocycles. The summed E-state index contributed by atoms with van der Waals surface area (Å²) in [6.45, 7) is 3.84. The summed E-state index contributed by atoms with van der Waals surface area (Å²) in [6.07, 6.45) is 1.04. The van der Waals surface area contributed by atoms with E-state index in [4.69, 9.17) is 9.52 Å². The van der Waals surface area contributed by atoms with Crippen molar-refractivity contribution in [2.45, 2.75) is 13.8 Å². The summed E-state index contributed by atoms with van der Waals surface area (Å²) in [5.41, 5.74) is 2.55. The third-order valence-corrected chi connectivity index (χ3v) is 4.02. The fourth-order valence-electron chi connectivity index (χ4n) is 1.78. The molecular weight excluding hydrogens is 326 g/mol. The summed E-state index contributed by atoms with van der Waals surface area (Å²) in [7, 11) is 0. The molecule has 5 nitrogen and oxygen atoms in total. The lowest BCUT2D eigenvalue weighted by Gasteiger charge is -2.08. The Morgan fingerprint density at radius 3 is 2.30 bits per heavy atom. The molecular formula is C14H12BrNO4. The third-order valence-electron chi connectivity index (χ3n) is 2.76. The number of halogens is 1. The Kier molecular flexibility index (Phi) is 3.94. The van der Waals surface area contributed by atoms with Gasteiger partial charge in [-0.3, -0.25) is 4.79 Å². The SMILES string of the molecule is Cc1cc(NC(=O)c2cc(C(=O)O)co2)cc(C)c1Br. The second-order valence-corrected chi connectivity index (χ2v) is 5.18. The molecule has 104 valence electrons. The van der Waals surface area contributed by atoms with Crippen LogP contribution in [-0.4, -0.2) is 17.0 Å². The van der Waals surface area contributed by atoms with Gasteiger partial charge in [-0.25, -0.2) is 4.79 Å². The molecule has 1 amide bonds. The molecule has 0 aliphatic rings. The molecule has 0 bridgehead atoms. The lowest BCUT2D eigenvalue weighted by Crippen LogP contribution is -2.11. The van der Waals surface area contributed by atoms with E-state index in [1.807, 2.05) is 26.0 Å². The molecule has 0 aliphatic heterocycles. The number of amides is 1. The number of anilines is 1. The molecule has 2 N–H and O–H groups in total. The minimum atomic E-state index is -1.14. The maximum Gasteiger partial charge on any atom is 0.338 e. The zero-order chi connectivity index (χ0) is 14.9. The fourth-order valence-corrected chi connectivity index (χ4v) is 2.01. The van der Waals surface area contributed by atoms with Crippen LogP contribution >= 0.6 is 15.9 Å². The highest BCUT2D eigenvalue weighted by atomic mass is 79.9. The maximum atomic E-state index is 11.9. The number of benzene rings is 1. The molecule has 6 heteroatoms. The Labute approximate surface area is 123 Å². The van der Waals surface area contributed by atoms with Crippen LogP contribution in [0.2, 0.25) is 0 Å². The molecule has 20 heavy (non-hydrogen) atoms. The minimum Gasteiger partial charge on any atom is -0.478 e. The molecule has 2 aromatic rings. The number of carbonyl (C=O) groups excluding carboxylic acids is 1. The number of carboxylic acids is 1. The highest BCUT2D eigenvalue weighted by Crippen LogP contribution is 2.25. The Balaban J connectivity index is 2.21. The highest BCUT2D eigenvalue weighted by molar-refractivity contribution is 9.10. The summed E-state index contributed by atoms with van der Waals surface area (Å²) in [5, 5.41) is 11.4. The summed E-state index contributed by atoms with van der Waals surface area (Å²) in [6, 6.07) is 4.82. The van der Waals surface area contributed by atoms with Crippen molar-refractivity contribution in [3.05, 3.63) is 51.4 Å². The van der Waals surface area contributed by atoms with E-state index in [1.54, 1.807) is 0 Å². The quantitative estimate of drug-likeness (QED) is 0.896. The summed E-state index contributed by atoms with van der Waals surface area (Å²) < 4.78 is 5.93. The van der Waals surface area contributed by atoms with Crippen LogP contribution in [-0.2, 0) is 0 Å². The number of hydrogen-bond acceptors (Lipinski definition) is 3. The lowest BCUT2D eigenvalue weighted by atomic mass is 10.1. The summed E-state index contributed by atoms with van der Waals surface area (Å²) in [5.74, 6) is -1.66. The van der Waals surface area contributed by atoms with Gasteiger partial charge in [-0.2, -0.15) is 0 Å². The van der Waals surface area contributed by atoms with E-state index in [-0.39, 0.29) is 11.3 Å². The van der Waals surface area contributed by atoms with Gasteiger partial charge in [0.25, 0.3) is 5.91 Å². The van der Waals surface area contributed by atoms with Crippen molar-refractivity contribution in [3.8, 4) is 0 Å². The molecule has 0 saturated heterocycles. The maximum absolute atomic E-state index is 11.9. The van der Waals surface area contributed by atoms with Crippen LogP contribution in [0.25, 0.3) is 0 Å². The number of nitrogens with one attached hydrogen (secondary N) is 1. The average Bonchev–Trinajstić information content (AvgIpc) is 2.85. The average molecular weight is 338 g/mol. The standard InChI is InChI=1S/C14H12BrNO4/c1-7-3-10(4-8(2)12(7)15)16-13(17)11-5-9(6-20-11)14(18)19/h3-6H,1-2H3,(H,16,17)(H,18,19). The molecule has 1 heterocycles. The van der Waals surface area contributed by atoms with Crippen LogP contribution in [0.5, 0.6) is 0 Å². The molecule has 2 rings (SSSR count). The molecule has 1 aromatic heterocycles. The topological polar surface area (TPSA) is 79.5 Å². The van der Waals surface area contributed by atoms with Crippen molar-refractivity contribution in [2.75, 3.05) is 5.32 Å². The summed E-state index contributed by atoms with van der Waals surface area (Å²) >= 11 is 3.45. The Bertz CT molecular complexity index is 667. The van der Waals surface area contributed by atoms with Gasteiger partial charge in [0.1, 0.15) is 6.26 Å². The molecule has 0 radical (unpaired) electrons. The number of hydrogen-bond donors (Lipinski definition) is 2. The van der Waals surface area contributed by atoms with E-state index >= 15 is 0 Å². The first-order valence-corrected chi connectivity index (χ1v) is 6.57. The highest BCUT2D eigenvalue weighted by Gasteiger charge is 2.15. The van der Waals surface area contributed by atoms with Gasteiger partial charge in [0.15, 0.2) is 5.76 Å². The zero-order valence-corrected chi connectivity index (χ0v) is 12.4. The first kappa shape index (κ1) is 14.3. The Morgan fingerprint density at radius 1 is 1.20 bits per heavy atom. The number of carbonyl (C=O) groups is 2. The molecule has 0 unspecified atom stereocenters. The van der Waals surface area contributed by atoms with Gasteiger partial charge in [0, 0.05) is 16.2 Å². The third kappa shape index (κ3) is 2.91. The van der Waals surface area contributed by atoms with Crippen molar-refractivity contribution in [3.63, 3.8) is 0 Å². The Morgan fingerprint density at radius 2 is 1.80 bits per heavy atom. The minimum absolute atomic E-state index is 0.0411. The first-order chi connectivity index (χ1) is 9.38. The van der Waals surface area contributed by atoms with Crippen molar-refractivity contribution in [1.82, 2.24) is 0 Å². The molecule has 0 aliphatic carbocycles. The second kappa shape index (κ2) is 5.50. The second-order valence-electron chi connectivity index (χ2n) is 4.38. The number of aryl methyl sites for hydroxylation is 2. The van der Waals surface area contributed by atoms with Gasteiger partial charge in [0.2, 0.25) is 0 Å². The van der Waals surface area contributed by atoms with Crippen LogP contribution < -0.4 is 5.32 Å². The van der Waals surface area contributed by atoms with Crippen molar-refractivity contribution >= 4 is 33.5 Å². The molecule has 0 fully saturated rings. The zero-order valence-electron chi connectivity index (χ0n) is 10.9. The number of rotatable bonds is 3. The normalized spacial score (nSPS) is 10.3. The monoisotopic (exact) mass is 337 g/mol.